The van der Waals surface area contributed by atoms with Crippen LogP contribution in [0.5, 0.6) is 5.75 Å². The van der Waals surface area contributed by atoms with Crippen LogP contribution >= 0.6 is 0 Å². The van der Waals surface area contributed by atoms with Crippen LogP contribution in [-0.4, -0.2) is 38.6 Å². The number of hydrogen-bond acceptors (Lipinski definition) is 6. The minimum Gasteiger partial charge on any atom is -0.495 e. The Labute approximate surface area is 180 Å². The zero-order valence-electron chi connectivity index (χ0n) is 17.3. The first-order chi connectivity index (χ1) is 15.0. The molecular formula is C22H24N4O5. The molecule has 2 atom stereocenters. The third-order valence-electron chi connectivity index (χ3n) is 4.72. The predicted molar refractivity (Wildman–Crippen MR) is 114 cm³/mol. The Morgan fingerprint density at radius 2 is 1.97 bits per heavy atom. The van der Waals surface area contributed by atoms with Gasteiger partial charge in [-0.05, 0) is 36.8 Å². The van der Waals surface area contributed by atoms with E-state index >= 15 is 0 Å². The molecule has 3 N–H and O–H groups in total. The van der Waals surface area contributed by atoms with Crippen LogP contribution in [0.3, 0.4) is 0 Å². The maximum atomic E-state index is 12.4. The first kappa shape index (κ1) is 21.9. The number of alkyl carbamates (subject to hydrolysis) is 1. The zero-order chi connectivity index (χ0) is 22.2. The van der Waals surface area contributed by atoms with Gasteiger partial charge in [0.15, 0.2) is 0 Å². The molecule has 162 valence electrons. The highest BCUT2D eigenvalue weighted by Gasteiger charge is 2.21. The minimum atomic E-state index is -0.506. The van der Waals surface area contributed by atoms with Crippen molar-refractivity contribution in [2.75, 3.05) is 31.0 Å². The summed E-state index contributed by atoms with van der Waals surface area (Å²) in [6.45, 7) is 2.84. The van der Waals surface area contributed by atoms with E-state index in [1.807, 2.05) is 19.1 Å². The van der Waals surface area contributed by atoms with Crippen molar-refractivity contribution >= 4 is 23.5 Å². The van der Waals surface area contributed by atoms with E-state index in [2.05, 4.69) is 16.0 Å². The van der Waals surface area contributed by atoms with Gasteiger partial charge in [0.25, 0.3) is 0 Å². The van der Waals surface area contributed by atoms with Crippen LogP contribution in [0.2, 0.25) is 0 Å². The Morgan fingerprint density at radius 3 is 2.65 bits per heavy atom. The fourth-order valence-electron chi connectivity index (χ4n) is 3.09. The topological polar surface area (TPSA) is 122 Å². The predicted octanol–water partition coefficient (Wildman–Crippen LogP) is 3.79. The molecule has 0 bridgehead atoms. The van der Waals surface area contributed by atoms with Crippen molar-refractivity contribution in [1.29, 1.82) is 5.26 Å². The number of rotatable bonds is 6. The Morgan fingerprint density at radius 1 is 1.19 bits per heavy atom. The normalized spacial score (nSPS) is 16.0. The zero-order valence-corrected chi connectivity index (χ0v) is 17.3. The van der Waals surface area contributed by atoms with Gasteiger partial charge in [0.1, 0.15) is 17.9 Å². The number of nitrogens with one attached hydrogen (secondary N) is 3. The number of carbonyl (C=O) groups is 2. The van der Waals surface area contributed by atoms with Gasteiger partial charge >= 0.3 is 12.1 Å². The van der Waals surface area contributed by atoms with E-state index < -0.39 is 12.1 Å². The van der Waals surface area contributed by atoms with Gasteiger partial charge in [-0.1, -0.05) is 12.1 Å². The van der Waals surface area contributed by atoms with Crippen LogP contribution in [0.25, 0.3) is 0 Å². The van der Waals surface area contributed by atoms with Crippen LogP contribution in [0, 0.1) is 11.3 Å². The lowest BCUT2D eigenvalue weighted by atomic mass is 10.1. The number of benzene rings is 2. The van der Waals surface area contributed by atoms with Crippen LogP contribution < -0.4 is 20.7 Å². The van der Waals surface area contributed by atoms with Gasteiger partial charge in [0.2, 0.25) is 0 Å². The number of carbonyl (C=O) groups excluding carboxylic acids is 2. The standard InChI is InChI=1S/C22H24N4O5/c1-14(24-22(28)31-19-8-9-30-13-19)15-4-3-5-17(10-15)25-21(27)26-18-7-6-16(12-23)20(11-18)29-2/h3-7,10-11,14,19H,8-9,13H2,1-2H3,(H,24,28)(H2,25,26,27)/t14-,19?/m0/s1. The largest absolute Gasteiger partial charge is 0.495 e. The molecule has 0 saturated carbocycles. The summed E-state index contributed by atoms with van der Waals surface area (Å²) < 4.78 is 15.7. The smallest absolute Gasteiger partial charge is 0.407 e. The summed E-state index contributed by atoms with van der Waals surface area (Å²) in [5, 5.41) is 17.3. The molecule has 3 rings (SSSR count). The first-order valence-corrected chi connectivity index (χ1v) is 9.79. The highest BCUT2D eigenvalue weighted by Crippen LogP contribution is 2.23. The molecule has 0 radical (unpaired) electrons. The van der Waals surface area contributed by atoms with Crippen LogP contribution in [0.1, 0.15) is 30.5 Å². The number of nitriles is 1. The summed E-state index contributed by atoms with van der Waals surface area (Å²) in [7, 11) is 1.46. The molecule has 1 saturated heterocycles. The second-order valence-electron chi connectivity index (χ2n) is 6.99. The van der Waals surface area contributed by atoms with Gasteiger partial charge in [-0.3, -0.25) is 0 Å². The van der Waals surface area contributed by atoms with Crippen molar-refractivity contribution in [3.63, 3.8) is 0 Å². The number of urea groups is 1. The molecule has 1 aliphatic rings. The van der Waals surface area contributed by atoms with Crippen molar-refractivity contribution in [2.24, 2.45) is 0 Å². The van der Waals surface area contributed by atoms with Crippen molar-refractivity contribution in [3.05, 3.63) is 53.6 Å². The lowest BCUT2D eigenvalue weighted by Gasteiger charge is -2.17. The van der Waals surface area contributed by atoms with Crippen LogP contribution in [0.4, 0.5) is 21.0 Å². The molecule has 0 aromatic heterocycles. The van der Waals surface area contributed by atoms with E-state index in [0.29, 0.717) is 42.3 Å². The van der Waals surface area contributed by atoms with Crippen LogP contribution in [-0.2, 0) is 9.47 Å². The molecule has 1 heterocycles. The molecule has 2 aromatic carbocycles. The van der Waals surface area contributed by atoms with Crippen LogP contribution in [0.15, 0.2) is 42.5 Å². The molecule has 9 nitrogen and oxygen atoms in total. The first-order valence-electron chi connectivity index (χ1n) is 9.79. The summed E-state index contributed by atoms with van der Waals surface area (Å²) in [5.41, 5.74) is 2.22. The fourth-order valence-corrected chi connectivity index (χ4v) is 3.09. The van der Waals surface area contributed by atoms with Gasteiger partial charge in [0.05, 0.1) is 31.9 Å². The lowest BCUT2D eigenvalue weighted by molar-refractivity contribution is 0.0812. The van der Waals surface area contributed by atoms with E-state index in [0.717, 1.165) is 5.56 Å². The summed E-state index contributed by atoms with van der Waals surface area (Å²) >= 11 is 0. The molecular weight excluding hydrogens is 400 g/mol. The monoisotopic (exact) mass is 424 g/mol. The SMILES string of the molecule is COc1cc(NC(=O)Nc2cccc([C@H](C)NC(=O)OC3CCOC3)c2)ccc1C#N. The van der Waals surface area contributed by atoms with E-state index in [1.54, 1.807) is 36.4 Å². The summed E-state index contributed by atoms with van der Waals surface area (Å²) in [6.07, 6.45) is -0.0276. The summed E-state index contributed by atoms with van der Waals surface area (Å²) in [6, 6.07) is 13.1. The molecule has 1 unspecified atom stereocenters. The number of anilines is 2. The third-order valence-corrected chi connectivity index (χ3v) is 4.72. The van der Waals surface area contributed by atoms with E-state index in [-0.39, 0.29) is 12.1 Å². The van der Waals surface area contributed by atoms with Gasteiger partial charge in [0, 0.05) is 23.9 Å². The average molecular weight is 424 g/mol. The minimum absolute atomic E-state index is 0.218. The Kier molecular flexibility index (Phi) is 7.30. The number of amides is 3. The molecule has 1 fully saturated rings. The fraction of sp³-hybridized carbons (Fsp3) is 0.318. The summed E-state index contributed by atoms with van der Waals surface area (Å²) in [5.74, 6) is 0.373. The van der Waals surface area contributed by atoms with Gasteiger partial charge in [-0.25, -0.2) is 9.59 Å². The molecule has 0 aliphatic carbocycles. The Hall–Kier alpha value is -3.77. The molecule has 2 aromatic rings. The second-order valence-corrected chi connectivity index (χ2v) is 6.99. The van der Waals surface area contributed by atoms with E-state index in [4.69, 9.17) is 19.5 Å². The highest BCUT2D eigenvalue weighted by molar-refractivity contribution is 6.00. The highest BCUT2D eigenvalue weighted by atomic mass is 16.6. The van der Waals surface area contributed by atoms with Gasteiger partial charge < -0.3 is 30.2 Å². The second kappa shape index (κ2) is 10.3. The average Bonchev–Trinajstić information content (AvgIpc) is 3.26. The quantitative estimate of drug-likeness (QED) is 0.649. The number of nitrogens with zero attached hydrogens (tertiary/aromatic N) is 1. The maximum Gasteiger partial charge on any atom is 0.407 e. The number of ether oxygens (including phenoxy) is 3. The van der Waals surface area contributed by atoms with Crippen molar-refractivity contribution in [2.45, 2.75) is 25.5 Å². The van der Waals surface area contributed by atoms with E-state index in [1.165, 1.54) is 7.11 Å². The molecule has 31 heavy (non-hydrogen) atoms. The number of hydrogen-bond donors (Lipinski definition) is 3. The van der Waals surface area contributed by atoms with Gasteiger partial charge in [-0.2, -0.15) is 5.26 Å². The Balaban J connectivity index is 1.57. The van der Waals surface area contributed by atoms with Crippen molar-refractivity contribution < 1.29 is 23.8 Å². The van der Waals surface area contributed by atoms with E-state index in [9.17, 15) is 9.59 Å². The molecule has 9 heteroatoms. The molecule has 3 amide bonds. The third kappa shape index (κ3) is 6.10. The lowest BCUT2D eigenvalue weighted by Crippen LogP contribution is -2.31. The molecule has 0 spiro atoms. The number of methoxy groups -OCH3 is 1. The Bertz CT molecular complexity index is 982. The van der Waals surface area contributed by atoms with Crippen molar-refractivity contribution in [3.8, 4) is 11.8 Å². The summed E-state index contributed by atoms with van der Waals surface area (Å²) in [4.78, 5) is 24.4. The van der Waals surface area contributed by atoms with Crippen molar-refractivity contribution in [1.82, 2.24) is 5.32 Å². The molecule has 1 aliphatic heterocycles. The van der Waals surface area contributed by atoms with Gasteiger partial charge in [-0.15, -0.1) is 0 Å². The maximum absolute atomic E-state index is 12.4.